The molecule has 1 heterocycles. The lowest BCUT2D eigenvalue weighted by Crippen LogP contribution is -2.26. The number of Topliss-reactive ketones (excluding diaryl/α,β-unsaturated/α-hetero) is 1. The fraction of sp³-hybridized carbons (Fsp3) is 0.320. The molecule has 2 aromatic carbocycles. The van der Waals surface area contributed by atoms with E-state index in [2.05, 4.69) is 32.9 Å². The minimum Gasteiger partial charge on any atom is -0.508 e. The number of benzene rings is 2. The zero-order valence-electron chi connectivity index (χ0n) is 17.2. The monoisotopic (exact) mass is 392 g/mol. The first-order chi connectivity index (χ1) is 13.8. The van der Waals surface area contributed by atoms with Crippen molar-refractivity contribution in [2.75, 3.05) is 6.61 Å². The van der Waals surface area contributed by atoms with Gasteiger partial charge in [-0.05, 0) is 69.4 Å². The van der Waals surface area contributed by atoms with E-state index >= 15 is 0 Å². The Morgan fingerprint density at radius 3 is 2.66 bits per heavy atom. The van der Waals surface area contributed by atoms with E-state index in [0.29, 0.717) is 17.7 Å². The molecule has 1 aliphatic rings. The summed E-state index contributed by atoms with van der Waals surface area (Å²) >= 11 is 0. The van der Waals surface area contributed by atoms with Gasteiger partial charge in [0.25, 0.3) is 0 Å². The van der Waals surface area contributed by atoms with Gasteiger partial charge in [-0.1, -0.05) is 35.4 Å². The number of hydrogen-bond acceptors (Lipinski definition) is 4. The highest BCUT2D eigenvalue weighted by Gasteiger charge is 2.30. The molecule has 29 heavy (non-hydrogen) atoms. The van der Waals surface area contributed by atoms with Crippen LogP contribution in [0, 0.1) is 0 Å². The molecule has 0 unspecified atom stereocenters. The molecule has 0 aromatic heterocycles. The molecule has 2 aromatic rings. The van der Waals surface area contributed by atoms with Crippen LogP contribution in [0.25, 0.3) is 0 Å². The Balaban J connectivity index is 1.76. The second-order valence-electron chi connectivity index (χ2n) is 7.87. The number of phenols is 2. The fourth-order valence-corrected chi connectivity index (χ4v) is 3.48. The minimum absolute atomic E-state index is 0.0312. The first kappa shape index (κ1) is 20.7. The van der Waals surface area contributed by atoms with E-state index in [0.717, 1.165) is 24.0 Å². The summed E-state index contributed by atoms with van der Waals surface area (Å²) in [5.41, 5.74) is 4.70. The molecule has 0 amide bonds. The zero-order valence-corrected chi connectivity index (χ0v) is 17.2. The van der Waals surface area contributed by atoms with Crippen LogP contribution in [0.3, 0.4) is 0 Å². The molecule has 0 fully saturated rings. The van der Waals surface area contributed by atoms with E-state index in [4.69, 9.17) is 4.74 Å². The number of ketones is 1. The number of allylic oxidation sites excluding steroid dienone is 4. The van der Waals surface area contributed by atoms with Crippen LogP contribution in [0.5, 0.6) is 17.2 Å². The van der Waals surface area contributed by atoms with Crippen molar-refractivity contribution in [3.63, 3.8) is 0 Å². The summed E-state index contributed by atoms with van der Waals surface area (Å²) < 4.78 is 5.71. The molecule has 3 rings (SSSR count). The largest absolute Gasteiger partial charge is 0.508 e. The normalized spacial score (nSPS) is 16.2. The second kappa shape index (κ2) is 8.99. The average Bonchev–Trinajstić information content (AvgIpc) is 2.67. The summed E-state index contributed by atoms with van der Waals surface area (Å²) in [5.74, 6) is 0.274. The van der Waals surface area contributed by atoms with Crippen molar-refractivity contribution >= 4 is 5.78 Å². The van der Waals surface area contributed by atoms with Gasteiger partial charge < -0.3 is 14.9 Å². The van der Waals surface area contributed by atoms with Crippen LogP contribution in [-0.2, 0) is 6.42 Å². The van der Waals surface area contributed by atoms with Gasteiger partial charge in [-0.25, -0.2) is 0 Å². The van der Waals surface area contributed by atoms with Crippen molar-refractivity contribution < 1.29 is 19.7 Å². The summed E-state index contributed by atoms with van der Waals surface area (Å²) in [4.78, 5) is 12.9. The highest BCUT2D eigenvalue weighted by molar-refractivity contribution is 6.04. The van der Waals surface area contributed by atoms with Gasteiger partial charge in [-0.15, -0.1) is 0 Å². The fourth-order valence-electron chi connectivity index (χ4n) is 3.48. The molecule has 1 atom stereocenters. The third kappa shape index (κ3) is 5.08. The number of aromatic hydroxyl groups is 2. The van der Waals surface area contributed by atoms with Crippen LogP contribution in [0.1, 0.15) is 61.0 Å². The van der Waals surface area contributed by atoms with Crippen LogP contribution in [0.15, 0.2) is 59.7 Å². The maximum atomic E-state index is 12.9. The summed E-state index contributed by atoms with van der Waals surface area (Å²) in [6, 6.07) is 9.88. The lowest BCUT2D eigenvalue weighted by molar-refractivity contribution is 0.0896. The molecule has 0 aliphatic carbocycles. The molecule has 0 radical (unpaired) electrons. The highest BCUT2D eigenvalue weighted by atomic mass is 16.5. The van der Waals surface area contributed by atoms with Gasteiger partial charge in [-0.3, -0.25) is 4.79 Å². The van der Waals surface area contributed by atoms with Crippen molar-refractivity contribution in [2.24, 2.45) is 0 Å². The Kier molecular flexibility index (Phi) is 6.42. The molecule has 0 saturated heterocycles. The molecule has 152 valence electrons. The molecule has 0 spiro atoms. The van der Waals surface area contributed by atoms with Crippen LogP contribution < -0.4 is 4.74 Å². The molecular formula is C25H28O4. The van der Waals surface area contributed by atoms with Crippen LogP contribution >= 0.6 is 0 Å². The quantitative estimate of drug-likeness (QED) is 0.620. The predicted molar refractivity (Wildman–Crippen MR) is 115 cm³/mol. The van der Waals surface area contributed by atoms with Crippen molar-refractivity contribution in [3.05, 3.63) is 76.4 Å². The van der Waals surface area contributed by atoms with E-state index in [9.17, 15) is 15.0 Å². The van der Waals surface area contributed by atoms with E-state index in [-0.39, 0.29) is 23.9 Å². The average molecular weight is 392 g/mol. The maximum Gasteiger partial charge on any atom is 0.177 e. The van der Waals surface area contributed by atoms with Gasteiger partial charge in [0.2, 0.25) is 0 Å². The zero-order chi connectivity index (χ0) is 21.0. The Morgan fingerprint density at radius 2 is 1.90 bits per heavy atom. The lowest BCUT2D eigenvalue weighted by Gasteiger charge is -2.25. The summed E-state index contributed by atoms with van der Waals surface area (Å²) in [6.07, 6.45) is 6.98. The van der Waals surface area contributed by atoms with E-state index in [1.54, 1.807) is 18.2 Å². The van der Waals surface area contributed by atoms with Crippen molar-refractivity contribution in [1.29, 1.82) is 0 Å². The van der Waals surface area contributed by atoms with Gasteiger partial charge in [0.05, 0.1) is 11.5 Å². The second-order valence-corrected chi connectivity index (χ2v) is 7.87. The van der Waals surface area contributed by atoms with Crippen LogP contribution in [0.4, 0.5) is 0 Å². The Hall–Kier alpha value is -3.01. The summed E-state index contributed by atoms with van der Waals surface area (Å²) in [6.45, 7) is 6.52. The molecule has 2 N–H and O–H groups in total. The third-order valence-electron chi connectivity index (χ3n) is 5.22. The van der Waals surface area contributed by atoms with E-state index in [1.165, 1.54) is 23.3 Å². The molecular weight excluding hydrogens is 364 g/mol. The minimum atomic E-state index is -0.422. The van der Waals surface area contributed by atoms with Gasteiger partial charge in [0.1, 0.15) is 23.9 Å². The number of phenolic OH excluding ortho intramolecular Hbond substituents is 2. The molecule has 4 heteroatoms. The van der Waals surface area contributed by atoms with Crippen LogP contribution in [0.2, 0.25) is 0 Å². The molecule has 0 bridgehead atoms. The highest BCUT2D eigenvalue weighted by Crippen LogP contribution is 2.35. The van der Waals surface area contributed by atoms with Gasteiger partial charge >= 0.3 is 0 Å². The molecule has 0 saturated carbocycles. The molecule has 4 nitrogen and oxygen atoms in total. The van der Waals surface area contributed by atoms with Gasteiger partial charge in [0.15, 0.2) is 5.78 Å². The topological polar surface area (TPSA) is 66.8 Å². The number of ether oxygens (including phenoxy) is 1. The SMILES string of the molecule is CC(C)=CCCC(C)=CCc1cc([C@H]2COc3cc(O)ccc3C2=O)ccc1O. The van der Waals surface area contributed by atoms with Crippen LogP contribution in [-0.4, -0.2) is 22.6 Å². The van der Waals surface area contributed by atoms with Crippen molar-refractivity contribution in [2.45, 2.75) is 46.0 Å². The smallest absolute Gasteiger partial charge is 0.177 e. The van der Waals surface area contributed by atoms with Gasteiger partial charge in [-0.2, -0.15) is 0 Å². The van der Waals surface area contributed by atoms with E-state index in [1.807, 2.05) is 6.07 Å². The number of rotatable bonds is 6. The summed E-state index contributed by atoms with van der Waals surface area (Å²) in [5, 5.41) is 19.8. The van der Waals surface area contributed by atoms with Crippen molar-refractivity contribution in [1.82, 2.24) is 0 Å². The number of fused-ring (bicyclic) bond motifs is 1. The Morgan fingerprint density at radius 1 is 1.10 bits per heavy atom. The number of hydrogen-bond donors (Lipinski definition) is 2. The Bertz CT molecular complexity index is 965. The molecule has 1 aliphatic heterocycles. The number of carbonyl (C=O) groups excluding carboxylic acids is 1. The summed E-state index contributed by atoms with van der Waals surface area (Å²) in [7, 11) is 0. The first-order valence-corrected chi connectivity index (χ1v) is 9.96. The maximum absolute atomic E-state index is 12.9. The Labute approximate surface area is 172 Å². The van der Waals surface area contributed by atoms with E-state index < -0.39 is 5.92 Å². The lowest BCUT2D eigenvalue weighted by atomic mass is 9.87. The number of carbonyl (C=O) groups is 1. The predicted octanol–water partition coefficient (Wildman–Crippen LogP) is 5.69. The van der Waals surface area contributed by atoms with Crippen molar-refractivity contribution in [3.8, 4) is 17.2 Å². The first-order valence-electron chi connectivity index (χ1n) is 9.96. The third-order valence-corrected chi connectivity index (χ3v) is 5.22. The van der Waals surface area contributed by atoms with Gasteiger partial charge in [0, 0.05) is 6.07 Å². The standard InChI is InChI=1S/C25H28O4/c1-16(2)5-4-6-17(3)7-8-19-13-18(9-12-23(19)27)22-15-29-24-14-20(26)10-11-21(24)25(22)28/h5,7,9-14,22,26-27H,4,6,8,15H2,1-3H3/t22-/m1/s1.